The van der Waals surface area contributed by atoms with Crippen molar-refractivity contribution in [3.8, 4) is 34.3 Å². The van der Waals surface area contributed by atoms with Gasteiger partial charge in [-0.2, -0.15) is 0 Å². The molecule has 0 N–H and O–H groups in total. The molecule has 4 aromatic rings. The van der Waals surface area contributed by atoms with E-state index in [9.17, 15) is 5.11 Å². The minimum Gasteiger partial charge on any atom is -0.854 e. The summed E-state index contributed by atoms with van der Waals surface area (Å²) in [5, 5.41) is 19.7. The van der Waals surface area contributed by atoms with Gasteiger partial charge in [-0.05, 0) is 52.1 Å². The Kier molecular flexibility index (Phi) is 7.29. The normalized spacial score (nSPS) is 11.4. The summed E-state index contributed by atoms with van der Waals surface area (Å²) in [6.07, 6.45) is 0.735. The molecule has 0 aliphatic carbocycles. The van der Waals surface area contributed by atoms with Crippen LogP contribution < -0.4 is 28.7 Å². The number of hydrogen-bond donors (Lipinski definition) is 0. The number of rotatable bonds is 8. The number of nitrogens with zero attached hydrogens (tertiary/aromatic N) is 2. The highest BCUT2D eigenvalue weighted by atomic mass is 16.5. The van der Waals surface area contributed by atoms with Crippen molar-refractivity contribution in [3.05, 3.63) is 77.5 Å². The Balaban J connectivity index is 2.16. The van der Waals surface area contributed by atoms with Crippen molar-refractivity contribution in [1.82, 2.24) is 0 Å². The van der Waals surface area contributed by atoms with E-state index in [4.69, 9.17) is 18.9 Å². The molecule has 0 unspecified atom stereocenters. The van der Waals surface area contributed by atoms with Crippen LogP contribution in [0.15, 0.2) is 65.8 Å². The van der Waals surface area contributed by atoms with Crippen LogP contribution in [0.4, 0.5) is 0 Å². The first-order valence-electron chi connectivity index (χ1n) is 11.6. The number of fused-ring (bicyclic) bond motifs is 1. The van der Waals surface area contributed by atoms with Crippen molar-refractivity contribution in [2.45, 2.75) is 20.3 Å². The largest absolute Gasteiger partial charge is 0.854 e. The third-order valence-electron chi connectivity index (χ3n) is 6.29. The van der Waals surface area contributed by atoms with Crippen LogP contribution in [0.3, 0.4) is 0 Å². The van der Waals surface area contributed by atoms with Gasteiger partial charge in [-0.15, -0.1) is 0 Å². The van der Waals surface area contributed by atoms with Crippen molar-refractivity contribution in [3.63, 3.8) is 0 Å². The summed E-state index contributed by atoms with van der Waals surface area (Å²) in [6, 6.07) is 18.6. The second kappa shape index (κ2) is 10.6. The Morgan fingerprint density at radius 1 is 0.778 bits per heavy atom. The number of benzene rings is 3. The van der Waals surface area contributed by atoms with E-state index < -0.39 is 0 Å². The van der Waals surface area contributed by atoms with Gasteiger partial charge in [0.2, 0.25) is 5.69 Å². The van der Waals surface area contributed by atoms with E-state index in [1.807, 2.05) is 55.5 Å². The van der Waals surface area contributed by atoms with E-state index in [0.29, 0.717) is 28.6 Å². The van der Waals surface area contributed by atoms with Gasteiger partial charge in [0.1, 0.15) is 0 Å². The molecule has 0 saturated heterocycles. The fourth-order valence-electron chi connectivity index (χ4n) is 4.49. The molecular weight excluding hydrogens is 456 g/mol. The molecular formula is C29H30N2O5. The Hall–Kier alpha value is -4.26. The molecule has 0 radical (unpaired) electrons. The van der Waals surface area contributed by atoms with E-state index in [-0.39, 0.29) is 5.90 Å². The monoisotopic (exact) mass is 486 g/mol. The fraction of sp³-hybridized carbons (Fsp3) is 0.241. The Bertz CT molecular complexity index is 1430. The molecule has 3 aromatic carbocycles. The molecule has 186 valence electrons. The highest BCUT2D eigenvalue weighted by Crippen LogP contribution is 2.40. The van der Waals surface area contributed by atoms with Gasteiger partial charge in [0, 0.05) is 17.9 Å². The minimum absolute atomic E-state index is 0.340. The molecule has 0 fully saturated rings. The molecule has 0 aliphatic heterocycles. The first-order chi connectivity index (χ1) is 17.5. The number of methoxy groups -OCH3 is 4. The quantitative estimate of drug-likeness (QED) is 0.211. The second-order valence-corrected chi connectivity index (χ2v) is 8.17. The van der Waals surface area contributed by atoms with Gasteiger partial charge in [-0.3, -0.25) is 0 Å². The van der Waals surface area contributed by atoms with Crippen LogP contribution in [0.25, 0.3) is 22.0 Å². The van der Waals surface area contributed by atoms with E-state index in [1.165, 1.54) is 0 Å². The zero-order valence-electron chi connectivity index (χ0n) is 21.4. The van der Waals surface area contributed by atoms with Gasteiger partial charge < -0.3 is 24.1 Å². The maximum absolute atomic E-state index is 13.3. The van der Waals surface area contributed by atoms with Crippen LogP contribution in [-0.4, -0.2) is 34.3 Å². The highest BCUT2D eigenvalue weighted by Gasteiger charge is 2.28. The number of hydrogen-bond acceptors (Lipinski definition) is 6. The lowest BCUT2D eigenvalue weighted by molar-refractivity contribution is -0.675. The third-order valence-corrected chi connectivity index (χ3v) is 6.29. The van der Waals surface area contributed by atoms with Gasteiger partial charge in [0.15, 0.2) is 23.0 Å². The molecule has 1 heterocycles. The fourth-order valence-corrected chi connectivity index (χ4v) is 4.49. The molecule has 36 heavy (non-hydrogen) atoms. The summed E-state index contributed by atoms with van der Waals surface area (Å²) < 4.78 is 24.0. The van der Waals surface area contributed by atoms with Crippen molar-refractivity contribution in [2.24, 2.45) is 5.10 Å². The lowest BCUT2D eigenvalue weighted by atomic mass is 9.96. The van der Waals surface area contributed by atoms with Crippen LogP contribution in [-0.2, 0) is 6.42 Å². The van der Waals surface area contributed by atoms with Crippen LogP contribution in [0.5, 0.6) is 23.0 Å². The smallest absolute Gasteiger partial charge is 0.253 e. The van der Waals surface area contributed by atoms with Crippen LogP contribution in [0, 0.1) is 6.92 Å². The molecule has 0 saturated carbocycles. The van der Waals surface area contributed by atoms with E-state index in [0.717, 1.165) is 39.7 Å². The minimum atomic E-state index is -0.340. The molecule has 0 atom stereocenters. The van der Waals surface area contributed by atoms with Crippen molar-refractivity contribution in [2.75, 3.05) is 28.4 Å². The molecule has 0 aliphatic rings. The van der Waals surface area contributed by atoms with E-state index in [2.05, 4.69) is 12.0 Å². The average Bonchev–Trinajstić information content (AvgIpc) is 2.92. The lowest BCUT2D eigenvalue weighted by Crippen LogP contribution is -2.40. The first-order valence-corrected chi connectivity index (χ1v) is 11.6. The Labute approximate surface area is 211 Å². The van der Waals surface area contributed by atoms with Crippen LogP contribution >= 0.6 is 0 Å². The number of aromatic nitrogens is 1. The topological polar surface area (TPSA) is 76.2 Å². The lowest BCUT2D eigenvalue weighted by Gasteiger charge is -2.16. The summed E-state index contributed by atoms with van der Waals surface area (Å²) in [7, 11) is 6.41. The third kappa shape index (κ3) is 4.40. The van der Waals surface area contributed by atoms with E-state index in [1.54, 1.807) is 45.2 Å². The van der Waals surface area contributed by atoms with Gasteiger partial charge in [0.05, 0.1) is 45.3 Å². The van der Waals surface area contributed by atoms with Gasteiger partial charge in [-0.25, -0.2) is 0 Å². The van der Waals surface area contributed by atoms with Crippen LogP contribution in [0.2, 0.25) is 0 Å². The zero-order chi connectivity index (χ0) is 25.8. The number of ether oxygens (including phenoxy) is 4. The molecule has 0 bridgehead atoms. The van der Waals surface area contributed by atoms with Crippen molar-refractivity contribution in [1.29, 1.82) is 0 Å². The summed E-state index contributed by atoms with van der Waals surface area (Å²) in [6.45, 7) is 4.05. The van der Waals surface area contributed by atoms with Crippen LogP contribution in [0.1, 0.15) is 23.7 Å². The van der Waals surface area contributed by atoms with Gasteiger partial charge >= 0.3 is 0 Å². The second-order valence-electron chi connectivity index (χ2n) is 8.17. The van der Waals surface area contributed by atoms with Crippen molar-refractivity contribution >= 4 is 16.7 Å². The summed E-state index contributed by atoms with van der Waals surface area (Å²) in [5.74, 6) is 2.05. The maximum Gasteiger partial charge on any atom is 0.253 e. The van der Waals surface area contributed by atoms with Gasteiger partial charge in [0.25, 0.3) is 5.69 Å². The molecule has 4 rings (SSSR count). The Morgan fingerprint density at radius 3 is 1.94 bits per heavy atom. The first kappa shape index (κ1) is 24.9. The average molecular weight is 487 g/mol. The van der Waals surface area contributed by atoms with Crippen molar-refractivity contribution < 1.29 is 28.7 Å². The SMILES string of the molecule is CCc1c(C)[n+](/N=C(\[O-])c2ccccc2)c(-c2ccc(OC)c(OC)c2)c2cc(OC)c(OC)cc12. The Morgan fingerprint density at radius 2 is 1.36 bits per heavy atom. The number of aryl methyl sites for hydroxylation is 1. The molecule has 1 aromatic heterocycles. The summed E-state index contributed by atoms with van der Waals surface area (Å²) in [4.78, 5) is 0. The highest BCUT2D eigenvalue weighted by molar-refractivity contribution is 5.98. The molecule has 7 nitrogen and oxygen atoms in total. The maximum atomic E-state index is 13.3. The van der Waals surface area contributed by atoms with E-state index >= 15 is 0 Å². The molecule has 0 amide bonds. The predicted octanol–water partition coefficient (Wildman–Crippen LogP) is 4.27. The number of pyridine rings is 1. The predicted molar refractivity (Wildman–Crippen MR) is 138 cm³/mol. The summed E-state index contributed by atoms with van der Waals surface area (Å²) >= 11 is 0. The molecule has 0 spiro atoms. The standard InChI is InChI=1S/C29H30N2O5/c1-7-21-18(2)31(30-29(32)19-11-9-8-10-12-19)28(20-13-14-24(33-3)25(15-20)34-4)23-17-27(36-6)26(35-5)16-22(21)23/h8-17H,7H2,1-6H3. The zero-order valence-corrected chi connectivity index (χ0v) is 21.4. The van der Waals surface area contributed by atoms with Gasteiger partial charge in [-0.1, -0.05) is 37.3 Å². The summed E-state index contributed by atoms with van der Waals surface area (Å²) in [5.41, 5.74) is 3.95. The molecule has 7 heteroatoms.